The lowest BCUT2D eigenvalue weighted by Gasteiger charge is -2.45. The average molecular weight is 304 g/mol. The van der Waals surface area contributed by atoms with Crippen molar-refractivity contribution >= 4 is 11.9 Å². The zero-order valence-corrected chi connectivity index (χ0v) is 13.1. The van der Waals surface area contributed by atoms with E-state index in [0.29, 0.717) is 36.0 Å². The van der Waals surface area contributed by atoms with E-state index in [1.165, 1.54) is 0 Å². The first-order valence-corrected chi connectivity index (χ1v) is 7.89. The van der Waals surface area contributed by atoms with Crippen molar-refractivity contribution in [3.05, 3.63) is 36.5 Å². The summed E-state index contributed by atoms with van der Waals surface area (Å²) in [6, 6.07) is 0. The van der Waals surface area contributed by atoms with Crippen LogP contribution in [-0.4, -0.2) is 22.2 Å². The first kappa shape index (κ1) is 16.5. The first-order chi connectivity index (χ1) is 10.4. The molecule has 0 aromatic rings. The summed E-state index contributed by atoms with van der Waals surface area (Å²) in [4.78, 5) is 21.8. The van der Waals surface area contributed by atoms with Crippen LogP contribution in [0.5, 0.6) is 0 Å². The standard InChI is InChI=1S/C18H24O4/c1-11-7-8-13-10-14(18(21)22)9-12(2)17(13)15(11)5-3-4-6-16(19)20/h3-8,11-15,17H,9-10H2,1-2H3,(H,19,20)(H,21,22)/b5-3+,6-4+/t11-,12+,13+,14+,15-,17+/m0/s1. The van der Waals surface area contributed by atoms with E-state index in [9.17, 15) is 14.7 Å². The van der Waals surface area contributed by atoms with Gasteiger partial charge in [0.1, 0.15) is 0 Å². The number of fused-ring (bicyclic) bond motifs is 1. The summed E-state index contributed by atoms with van der Waals surface area (Å²) >= 11 is 0. The van der Waals surface area contributed by atoms with E-state index in [4.69, 9.17) is 5.11 Å². The minimum absolute atomic E-state index is 0.245. The number of carbonyl (C=O) groups is 2. The second-order valence-electron chi connectivity index (χ2n) is 6.63. The number of hydrogen-bond donors (Lipinski definition) is 2. The third-order valence-corrected chi connectivity index (χ3v) is 5.11. The van der Waals surface area contributed by atoms with E-state index in [0.717, 1.165) is 12.5 Å². The third-order valence-electron chi connectivity index (χ3n) is 5.11. The lowest BCUT2D eigenvalue weighted by atomic mass is 9.59. The van der Waals surface area contributed by atoms with Crippen LogP contribution >= 0.6 is 0 Å². The fourth-order valence-corrected chi connectivity index (χ4v) is 4.11. The number of allylic oxidation sites excluding steroid dienone is 5. The Kier molecular flexibility index (Phi) is 5.22. The van der Waals surface area contributed by atoms with Crippen LogP contribution in [0, 0.1) is 35.5 Å². The summed E-state index contributed by atoms with van der Waals surface area (Å²) in [5.41, 5.74) is 0. The Morgan fingerprint density at radius 2 is 1.82 bits per heavy atom. The normalized spacial score (nSPS) is 38.3. The zero-order chi connectivity index (χ0) is 16.3. The highest BCUT2D eigenvalue weighted by Gasteiger charge is 2.43. The average Bonchev–Trinajstić information content (AvgIpc) is 2.45. The van der Waals surface area contributed by atoms with Crippen molar-refractivity contribution in [3.63, 3.8) is 0 Å². The molecule has 0 saturated heterocycles. The van der Waals surface area contributed by atoms with E-state index < -0.39 is 11.9 Å². The van der Waals surface area contributed by atoms with E-state index in [-0.39, 0.29) is 5.92 Å². The van der Waals surface area contributed by atoms with E-state index in [2.05, 4.69) is 32.1 Å². The van der Waals surface area contributed by atoms with Gasteiger partial charge in [0.05, 0.1) is 5.92 Å². The molecule has 22 heavy (non-hydrogen) atoms. The molecule has 1 saturated carbocycles. The minimum atomic E-state index is -0.950. The minimum Gasteiger partial charge on any atom is -0.481 e. The molecule has 0 aromatic carbocycles. The number of aliphatic carboxylic acids is 2. The smallest absolute Gasteiger partial charge is 0.328 e. The van der Waals surface area contributed by atoms with Gasteiger partial charge < -0.3 is 10.2 Å². The third kappa shape index (κ3) is 3.67. The maximum absolute atomic E-state index is 11.3. The van der Waals surface area contributed by atoms with Gasteiger partial charge in [0.15, 0.2) is 0 Å². The molecule has 120 valence electrons. The van der Waals surface area contributed by atoms with Crippen LogP contribution in [0.2, 0.25) is 0 Å². The second kappa shape index (κ2) is 6.95. The molecule has 0 amide bonds. The van der Waals surface area contributed by atoms with Crippen molar-refractivity contribution in [2.75, 3.05) is 0 Å². The highest BCUT2D eigenvalue weighted by Crippen LogP contribution is 2.48. The Labute approximate surface area is 131 Å². The van der Waals surface area contributed by atoms with Crippen molar-refractivity contribution in [2.45, 2.75) is 26.7 Å². The summed E-state index contributed by atoms with van der Waals surface area (Å²) in [7, 11) is 0. The van der Waals surface area contributed by atoms with Crippen LogP contribution in [0.15, 0.2) is 36.5 Å². The van der Waals surface area contributed by atoms with Crippen molar-refractivity contribution in [2.24, 2.45) is 35.5 Å². The van der Waals surface area contributed by atoms with Crippen LogP contribution in [0.4, 0.5) is 0 Å². The lowest BCUT2D eigenvalue weighted by Crippen LogP contribution is -2.41. The summed E-state index contributed by atoms with van der Waals surface area (Å²) in [5.74, 6) is -0.0681. The molecule has 2 aliphatic rings. The maximum Gasteiger partial charge on any atom is 0.328 e. The van der Waals surface area contributed by atoms with Gasteiger partial charge in [0.25, 0.3) is 0 Å². The van der Waals surface area contributed by atoms with Crippen molar-refractivity contribution < 1.29 is 19.8 Å². The van der Waals surface area contributed by atoms with Gasteiger partial charge in [0, 0.05) is 6.08 Å². The zero-order valence-electron chi connectivity index (χ0n) is 13.1. The van der Waals surface area contributed by atoms with E-state index >= 15 is 0 Å². The topological polar surface area (TPSA) is 74.6 Å². The molecule has 0 radical (unpaired) electrons. The summed E-state index contributed by atoms with van der Waals surface area (Å²) in [6.45, 7) is 4.31. The van der Waals surface area contributed by atoms with Gasteiger partial charge >= 0.3 is 11.9 Å². The van der Waals surface area contributed by atoms with Crippen LogP contribution in [0.3, 0.4) is 0 Å². The Hall–Kier alpha value is -1.84. The van der Waals surface area contributed by atoms with Gasteiger partial charge in [-0.25, -0.2) is 4.79 Å². The molecular formula is C18H24O4. The molecule has 4 nitrogen and oxygen atoms in total. The van der Waals surface area contributed by atoms with Gasteiger partial charge in [-0.1, -0.05) is 44.2 Å². The van der Waals surface area contributed by atoms with Crippen molar-refractivity contribution in [1.29, 1.82) is 0 Å². The molecule has 0 heterocycles. The summed E-state index contributed by atoms with van der Waals surface area (Å²) in [6.07, 6.45) is 12.4. The Morgan fingerprint density at radius 3 is 2.45 bits per heavy atom. The van der Waals surface area contributed by atoms with Crippen LogP contribution in [-0.2, 0) is 9.59 Å². The number of hydrogen-bond acceptors (Lipinski definition) is 2. The van der Waals surface area contributed by atoms with E-state index in [1.54, 1.807) is 6.08 Å². The van der Waals surface area contributed by atoms with E-state index in [1.807, 2.05) is 6.08 Å². The molecule has 0 aliphatic heterocycles. The molecule has 2 rings (SSSR count). The quantitative estimate of drug-likeness (QED) is 0.474. The van der Waals surface area contributed by atoms with Gasteiger partial charge in [0.2, 0.25) is 0 Å². The molecule has 2 N–H and O–H groups in total. The monoisotopic (exact) mass is 304 g/mol. The molecule has 0 unspecified atom stereocenters. The molecule has 6 atom stereocenters. The molecule has 1 fully saturated rings. The van der Waals surface area contributed by atoms with Gasteiger partial charge in [-0.3, -0.25) is 4.79 Å². The Morgan fingerprint density at radius 1 is 1.09 bits per heavy atom. The highest BCUT2D eigenvalue weighted by atomic mass is 16.4. The fourth-order valence-electron chi connectivity index (χ4n) is 4.11. The number of carboxylic acids is 2. The molecule has 2 aliphatic carbocycles. The van der Waals surface area contributed by atoms with Crippen LogP contribution in [0.25, 0.3) is 0 Å². The molecule has 4 heteroatoms. The first-order valence-electron chi connectivity index (χ1n) is 7.89. The largest absolute Gasteiger partial charge is 0.481 e. The van der Waals surface area contributed by atoms with Crippen LogP contribution < -0.4 is 0 Å². The Balaban J connectivity index is 2.16. The molecule has 0 aromatic heterocycles. The number of carboxylic acid groups (broad SMARTS) is 2. The van der Waals surface area contributed by atoms with Gasteiger partial charge in [-0.05, 0) is 42.4 Å². The van der Waals surface area contributed by atoms with Gasteiger partial charge in [-0.15, -0.1) is 0 Å². The second-order valence-corrected chi connectivity index (χ2v) is 6.63. The Bertz CT molecular complexity index is 517. The highest BCUT2D eigenvalue weighted by molar-refractivity contribution is 5.80. The summed E-state index contributed by atoms with van der Waals surface area (Å²) < 4.78 is 0. The predicted molar refractivity (Wildman–Crippen MR) is 84.2 cm³/mol. The SMILES string of the molecule is C[C@@H]1C[C@@H](C(=O)O)C[C@H]2C=C[C@H](C)[C@H](/C=C/C=C/C(=O)O)[C@H]12. The maximum atomic E-state index is 11.3. The van der Waals surface area contributed by atoms with Crippen LogP contribution in [0.1, 0.15) is 26.7 Å². The summed E-state index contributed by atoms with van der Waals surface area (Å²) in [5, 5.41) is 17.9. The number of rotatable bonds is 4. The predicted octanol–water partition coefficient (Wildman–Crippen LogP) is 3.37. The van der Waals surface area contributed by atoms with Crippen molar-refractivity contribution in [3.8, 4) is 0 Å². The molecule has 0 bridgehead atoms. The van der Waals surface area contributed by atoms with Crippen molar-refractivity contribution in [1.82, 2.24) is 0 Å². The fraction of sp³-hybridized carbons (Fsp3) is 0.556. The molecular weight excluding hydrogens is 280 g/mol. The van der Waals surface area contributed by atoms with Gasteiger partial charge in [-0.2, -0.15) is 0 Å². The molecule has 0 spiro atoms. The lowest BCUT2D eigenvalue weighted by molar-refractivity contribution is -0.145.